The zero-order valence-electron chi connectivity index (χ0n) is 9.36. The highest BCUT2D eigenvalue weighted by molar-refractivity contribution is 9.08. The summed E-state index contributed by atoms with van der Waals surface area (Å²) in [7, 11) is 0. The first-order valence-electron chi connectivity index (χ1n) is 5.27. The van der Waals surface area contributed by atoms with Crippen LogP contribution in [0.25, 0.3) is 0 Å². The number of rotatable bonds is 4. The van der Waals surface area contributed by atoms with E-state index in [9.17, 15) is 0 Å². The Morgan fingerprint density at radius 3 is 2.88 bits per heavy atom. The molecule has 5 heteroatoms. The summed E-state index contributed by atoms with van der Waals surface area (Å²) in [6, 6.07) is 5.72. The lowest BCUT2D eigenvalue weighted by Crippen LogP contribution is -1.92. The van der Waals surface area contributed by atoms with Gasteiger partial charge in [-0.05, 0) is 24.6 Å². The summed E-state index contributed by atoms with van der Waals surface area (Å²) in [6.45, 7) is 2.84. The van der Waals surface area contributed by atoms with Crippen molar-refractivity contribution in [2.45, 2.75) is 18.8 Å². The van der Waals surface area contributed by atoms with Crippen molar-refractivity contribution < 1.29 is 4.74 Å². The molecule has 0 saturated heterocycles. The minimum absolute atomic E-state index is 0.603. The lowest BCUT2D eigenvalue weighted by atomic mass is 10.2. The number of nitrogens with zero attached hydrogens (tertiary/aromatic N) is 2. The van der Waals surface area contributed by atoms with Gasteiger partial charge in [0, 0.05) is 11.9 Å². The minimum Gasteiger partial charge on any atom is -0.452 e. The predicted molar refractivity (Wildman–Crippen MR) is 72.1 cm³/mol. The standard InChI is InChI=1S/C12H12BrClN2O/c1-2-16-8-10(7-15-16)17-12-4-3-9(6-13)5-11(12)14/h3-5,7-8H,2,6H2,1H3. The number of benzene rings is 1. The van der Waals surface area contributed by atoms with Crippen molar-refractivity contribution in [1.29, 1.82) is 0 Å². The number of aryl methyl sites for hydroxylation is 1. The molecule has 0 saturated carbocycles. The van der Waals surface area contributed by atoms with Crippen molar-refractivity contribution in [3.05, 3.63) is 41.2 Å². The summed E-state index contributed by atoms with van der Waals surface area (Å²) in [5.74, 6) is 1.34. The summed E-state index contributed by atoms with van der Waals surface area (Å²) in [4.78, 5) is 0. The van der Waals surface area contributed by atoms with E-state index in [1.54, 1.807) is 10.9 Å². The van der Waals surface area contributed by atoms with Gasteiger partial charge in [-0.2, -0.15) is 5.10 Å². The van der Waals surface area contributed by atoms with E-state index in [0.717, 1.165) is 17.4 Å². The largest absolute Gasteiger partial charge is 0.452 e. The van der Waals surface area contributed by atoms with Crippen LogP contribution in [0, 0.1) is 0 Å². The zero-order valence-corrected chi connectivity index (χ0v) is 11.7. The number of alkyl halides is 1. The maximum Gasteiger partial charge on any atom is 0.165 e. The molecule has 0 N–H and O–H groups in total. The van der Waals surface area contributed by atoms with Crippen molar-refractivity contribution in [2.75, 3.05) is 0 Å². The van der Waals surface area contributed by atoms with Gasteiger partial charge >= 0.3 is 0 Å². The third kappa shape index (κ3) is 3.01. The molecule has 0 bridgehead atoms. The van der Waals surface area contributed by atoms with E-state index in [0.29, 0.717) is 16.5 Å². The summed E-state index contributed by atoms with van der Waals surface area (Å²) in [5.41, 5.74) is 1.12. The molecule has 17 heavy (non-hydrogen) atoms. The van der Waals surface area contributed by atoms with Gasteiger partial charge in [0.2, 0.25) is 0 Å². The van der Waals surface area contributed by atoms with Gasteiger partial charge in [0.1, 0.15) is 5.75 Å². The average molecular weight is 316 g/mol. The molecule has 0 aliphatic heterocycles. The molecule has 0 amide bonds. The Balaban J connectivity index is 2.18. The van der Waals surface area contributed by atoms with E-state index in [2.05, 4.69) is 21.0 Å². The number of halogens is 2. The van der Waals surface area contributed by atoms with Gasteiger partial charge in [0.05, 0.1) is 17.4 Å². The Labute approximate surface area is 113 Å². The fraction of sp³-hybridized carbons (Fsp3) is 0.250. The van der Waals surface area contributed by atoms with Gasteiger partial charge in [0.25, 0.3) is 0 Å². The molecule has 2 rings (SSSR count). The molecular weight excluding hydrogens is 304 g/mol. The molecule has 1 aromatic carbocycles. The van der Waals surface area contributed by atoms with Crippen LogP contribution < -0.4 is 4.74 Å². The highest BCUT2D eigenvalue weighted by atomic mass is 79.9. The first kappa shape index (κ1) is 12.5. The van der Waals surface area contributed by atoms with Gasteiger partial charge in [-0.3, -0.25) is 4.68 Å². The van der Waals surface area contributed by atoms with E-state index >= 15 is 0 Å². The lowest BCUT2D eigenvalue weighted by Gasteiger charge is -2.06. The van der Waals surface area contributed by atoms with E-state index in [-0.39, 0.29) is 0 Å². The van der Waals surface area contributed by atoms with Crippen LogP contribution in [0.1, 0.15) is 12.5 Å². The first-order chi connectivity index (χ1) is 8.22. The van der Waals surface area contributed by atoms with Crippen LogP contribution in [-0.4, -0.2) is 9.78 Å². The van der Waals surface area contributed by atoms with Gasteiger partial charge in [0.15, 0.2) is 5.75 Å². The number of hydrogen-bond acceptors (Lipinski definition) is 2. The topological polar surface area (TPSA) is 27.1 Å². The molecule has 3 nitrogen and oxygen atoms in total. The molecule has 1 aromatic heterocycles. The van der Waals surface area contributed by atoms with Crippen LogP contribution in [0.2, 0.25) is 5.02 Å². The van der Waals surface area contributed by atoms with Crippen LogP contribution in [-0.2, 0) is 11.9 Å². The van der Waals surface area contributed by atoms with Crippen molar-refractivity contribution >= 4 is 27.5 Å². The fourth-order valence-electron chi connectivity index (χ4n) is 1.41. The molecular formula is C12H12BrClN2O. The molecule has 0 aliphatic rings. The maximum atomic E-state index is 6.13. The third-order valence-corrected chi connectivity index (χ3v) is 3.25. The summed E-state index contributed by atoms with van der Waals surface area (Å²) < 4.78 is 7.46. The SMILES string of the molecule is CCn1cc(Oc2ccc(CBr)cc2Cl)cn1. The molecule has 0 aliphatic carbocycles. The van der Waals surface area contributed by atoms with E-state index < -0.39 is 0 Å². The second-order valence-electron chi connectivity index (χ2n) is 3.53. The van der Waals surface area contributed by atoms with Gasteiger partial charge in [-0.25, -0.2) is 0 Å². The minimum atomic E-state index is 0.603. The smallest absolute Gasteiger partial charge is 0.165 e. The molecule has 90 valence electrons. The normalized spacial score (nSPS) is 10.5. The Morgan fingerprint density at radius 2 is 2.29 bits per heavy atom. The number of ether oxygens (including phenoxy) is 1. The first-order valence-corrected chi connectivity index (χ1v) is 6.77. The van der Waals surface area contributed by atoms with Crippen LogP contribution >= 0.6 is 27.5 Å². The number of aromatic nitrogens is 2. The Bertz CT molecular complexity index is 513. The van der Waals surface area contributed by atoms with Crippen LogP contribution in [0.15, 0.2) is 30.6 Å². The van der Waals surface area contributed by atoms with Gasteiger partial charge in [-0.1, -0.05) is 33.6 Å². The van der Waals surface area contributed by atoms with Crippen LogP contribution in [0.5, 0.6) is 11.5 Å². The summed E-state index contributed by atoms with van der Waals surface area (Å²) >= 11 is 9.51. The Kier molecular flexibility index (Phi) is 4.07. The Hall–Kier alpha value is -1.00. The fourth-order valence-corrected chi connectivity index (χ4v) is 2.00. The molecule has 0 fully saturated rings. The van der Waals surface area contributed by atoms with E-state index in [4.69, 9.17) is 16.3 Å². The highest BCUT2D eigenvalue weighted by Gasteiger charge is 2.05. The van der Waals surface area contributed by atoms with Crippen molar-refractivity contribution in [1.82, 2.24) is 9.78 Å². The average Bonchev–Trinajstić information content (AvgIpc) is 2.79. The molecule has 2 aromatic rings. The molecule has 0 unspecified atom stereocenters. The van der Waals surface area contributed by atoms with Gasteiger partial charge < -0.3 is 4.74 Å². The molecule has 0 atom stereocenters. The second kappa shape index (κ2) is 5.56. The second-order valence-corrected chi connectivity index (χ2v) is 4.50. The highest BCUT2D eigenvalue weighted by Crippen LogP contribution is 2.30. The molecule has 0 spiro atoms. The molecule has 1 heterocycles. The van der Waals surface area contributed by atoms with E-state index in [1.165, 1.54) is 0 Å². The summed E-state index contributed by atoms with van der Waals surface area (Å²) in [6.07, 6.45) is 3.52. The quantitative estimate of drug-likeness (QED) is 0.789. The van der Waals surface area contributed by atoms with Crippen LogP contribution in [0.3, 0.4) is 0 Å². The lowest BCUT2D eigenvalue weighted by molar-refractivity contribution is 0.481. The predicted octanol–water partition coefficient (Wildman–Crippen LogP) is 4.24. The monoisotopic (exact) mass is 314 g/mol. The zero-order chi connectivity index (χ0) is 12.3. The van der Waals surface area contributed by atoms with E-state index in [1.807, 2.05) is 31.3 Å². The van der Waals surface area contributed by atoms with Gasteiger partial charge in [-0.15, -0.1) is 0 Å². The van der Waals surface area contributed by atoms with Crippen molar-refractivity contribution in [2.24, 2.45) is 0 Å². The van der Waals surface area contributed by atoms with Crippen molar-refractivity contribution in [3.63, 3.8) is 0 Å². The van der Waals surface area contributed by atoms with Crippen molar-refractivity contribution in [3.8, 4) is 11.5 Å². The summed E-state index contributed by atoms with van der Waals surface area (Å²) in [5, 5.41) is 5.52. The number of hydrogen-bond donors (Lipinski definition) is 0. The van der Waals surface area contributed by atoms with Crippen LogP contribution in [0.4, 0.5) is 0 Å². The third-order valence-electron chi connectivity index (χ3n) is 2.31. The Morgan fingerprint density at radius 1 is 1.47 bits per heavy atom. The maximum absolute atomic E-state index is 6.13. The molecule has 0 radical (unpaired) electrons.